The van der Waals surface area contributed by atoms with E-state index in [-0.39, 0.29) is 5.91 Å². The van der Waals surface area contributed by atoms with Gasteiger partial charge in [-0.05, 0) is 50.4 Å². The predicted molar refractivity (Wildman–Crippen MR) is 84.8 cm³/mol. The molecule has 1 aliphatic heterocycles. The Morgan fingerprint density at radius 2 is 2.41 bits per heavy atom. The number of fused-ring (bicyclic) bond motifs is 1. The molecule has 2 aromatic heterocycles. The molecule has 0 unspecified atom stereocenters. The average molecular weight is 301 g/mol. The molecule has 1 fully saturated rings. The maximum Gasteiger partial charge on any atom is 0.255 e. The summed E-state index contributed by atoms with van der Waals surface area (Å²) in [6.07, 6.45) is 7.05. The maximum absolute atomic E-state index is 12.4. The monoisotopic (exact) mass is 301 g/mol. The molecule has 0 bridgehead atoms. The molecule has 6 nitrogen and oxygen atoms in total. The predicted octanol–water partition coefficient (Wildman–Crippen LogP) is 1.58. The summed E-state index contributed by atoms with van der Waals surface area (Å²) >= 11 is 0. The number of amides is 1. The summed E-state index contributed by atoms with van der Waals surface area (Å²) < 4.78 is 1.76. The van der Waals surface area contributed by atoms with Crippen LogP contribution >= 0.6 is 0 Å². The van der Waals surface area contributed by atoms with Gasteiger partial charge >= 0.3 is 0 Å². The van der Waals surface area contributed by atoms with Crippen LogP contribution in [0.5, 0.6) is 0 Å². The number of pyridine rings is 1. The van der Waals surface area contributed by atoms with Crippen molar-refractivity contribution in [1.29, 1.82) is 0 Å². The van der Waals surface area contributed by atoms with Crippen molar-refractivity contribution < 1.29 is 4.79 Å². The van der Waals surface area contributed by atoms with E-state index in [1.165, 1.54) is 25.8 Å². The molecule has 2 aromatic rings. The second kappa shape index (κ2) is 6.87. The Labute approximate surface area is 130 Å². The summed E-state index contributed by atoms with van der Waals surface area (Å²) in [5.74, 6) is 0.480. The lowest BCUT2D eigenvalue weighted by atomic mass is 9.97. The van der Waals surface area contributed by atoms with Crippen molar-refractivity contribution in [3.63, 3.8) is 0 Å². The molecule has 1 atom stereocenters. The van der Waals surface area contributed by atoms with E-state index >= 15 is 0 Å². The summed E-state index contributed by atoms with van der Waals surface area (Å²) in [4.78, 5) is 14.9. The molecule has 22 heavy (non-hydrogen) atoms. The highest BCUT2D eigenvalue weighted by Crippen LogP contribution is 2.16. The second-order valence-corrected chi connectivity index (χ2v) is 6.00. The number of rotatable bonds is 5. The standard InChI is InChI=1S/C16H23N5O/c1-2-7-20-8-3-5-13(11-20)10-17-16(22)14-6-4-9-21-12-18-19-15(14)21/h4,6,9,12-13H,2-3,5,7-8,10-11H2,1H3,(H,17,22)/t13-/m0/s1. The Kier molecular flexibility index (Phi) is 4.68. The van der Waals surface area contributed by atoms with Crippen molar-refractivity contribution in [3.05, 3.63) is 30.2 Å². The number of carbonyl (C=O) groups is 1. The molecule has 0 aromatic carbocycles. The van der Waals surface area contributed by atoms with E-state index in [4.69, 9.17) is 0 Å². The molecule has 0 spiro atoms. The number of nitrogens with zero attached hydrogens (tertiary/aromatic N) is 4. The molecule has 1 N–H and O–H groups in total. The Bertz CT molecular complexity index is 636. The maximum atomic E-state index is 12.4. The number of likely N-dealkylation sites (tertiary alicyclic amines) is 1. The Hall–Kier alpha value is -1.95. The van der Waals surface area contributed by atoms with Gasteiger partial charge in [-0.25, -0.2) is 0 Å². The van der Waals surface area contributed by atoms with Crippen LogP contribution in [0.3, 0.4) is 0 Å². The first kappa shape index (κ1) is 15.0. The molecule has 3 heterocycles. The smallest absolute Gasteiger partial charge is 0.255 e. The normalized spacial score (nSPS) is 19.4. The summed E-state index contributed by atoms with van der Waals surface area (Å²) in [6.45, 7) is 6.38. The quantitative estimate of drug-likeness (QED) is 0.911. The molecule has 1 saturated heterocycles. The summed E-state index contributed by atoms with van der Waals surface area (Å²) in [5.41, 5.74) is 1.19. The highest BCUT2D eigenvalue weighted by molar-refractivity contribution is 5.99. The van der Waals surface area contributed by atoms with Crippen LogP contribution in [0.25, 0.3) is 5.65 Å². The van der Waals surface area contributed by atoms with Gasteiger partial charge in [0.25, 0.3) is 5.91 Å². The van der Waals surface area contributed by atoms with Gasteiger partial charge in [-0.1, -0.05) is 6.92 Å². The fraction of sp³-hybridized carbons (Fsp3) is 0.562. The van der Waals surface area contributed by atoms with Gasteiger partial charge in [0.1, 0.15) is 6.33 Å². The summed E-state index contributed by atoms with van der Waals surface area (Å²) in [7, 11) is 0. The molecule has 3 rings (SSSR count). The average Bonchev–Trinajstić information content (AvgIpc) is 3.02. The zero-order valence-electron chi connectivity index (χ0n) is 13.0. The second-order valence-electron chi connectivity index (χ2n) is 6.00. The molecular formula is C16H23N5O. The van der Waals surface area contributed by atoms with E-state index in [2.05, 4.69) is 27.3 Å². The van der Waals surface area contributed by atoms with Crippen LogP contribution in [0.1, 0.15) is 36.5 Å². The van der Waals surface area contributed by atoms with E-state index in [1.54, 1.807) is 16.8 Å². The number of hydrogen-bond donors (Lipinski definition) is 1. The Morgan fingerprint density at radius 3 is 3.27 bits per heavy atom. The fourth-order valence-corrected chi connectivity index (χ4v) is 3.20. The molecule has 1 amide bonds. The minimum absolute atomic E-state index is 0.0637. The van der Waals surface area contributed by atoms with Crippen LogP contribution in [0.4, 0.5) is 0 Å². The van der Waals surface area contributed by atoms with Crippen molar-refractivity contribution in [3.8, 4) is 0 Å². The first-order valence-electron chi connectivity index (χ1n) is 8.07. The minimum Gasteiger partial charge on any atom is -0.352 e. The lowest BCUT2D eigenvalue weighted by molar-refractivity contribution is 0.0933. The molecule has 0 aliphatic carbocycles. The zero-order chi connectivity index (χ0) is 15.4. The van der Waals surface area contributed by atoms with Gasteiger partial charge in [-0.3, -0.25) is 9.20 Å². The van der Waals surface area contributed by atoms with Gasteiger partial charge in [0.2, 0.25) is 0 Å². The van der Waals surface area contributed by atoms with E-state index < -0.39 is 0 Å². The minimum atomic E-state index is -0.0637. The van der Waals surface area contributed by atoms with Crippen molar-refractivity contribution >= 4 is 11.6 Å². The fourth-order valence-electron chi connectivity index (χ4n) is 3.20. The van der Waals surface area contributed by atoms with Gasteiger partial charge in [-0.15, -0.1) is 10.2 Å². The van der Waals surface area contributed by atoms with Crippen molar-refractivity contribution in [1.82, 2.24) is 24.8 Å². The number of nitrogens with one attached hydrogen (secondary N) is 1. The molecular weight excluding hydrogens is 278 g/mol. The Morgan fingerprint density at radius 1 is 1.50 bits per heavy atom. The first-order chi connectivity index (χ1) is 10.8. The van der Waals surface area contributed by atoms with Gasteiger partial charge in [0, 0.05) is 19.3 Å². The van der Waals surface area contributed by atoms with Crippen molar-refractivity contribution in [2.75, 3.05) is 26.2 Å². The SMILES string of the molecule is CCCN1CCC[C@@H](CNC(=O)c2cccn3cnnc23)C1. The third kappa shape index (κ3) is 3.27. The van der Waals surface area contributed by atoms with Gasteiger partial charge in [0.15, 0.2) is 5.65 Å². The highest BCUT2D eigenvalue weighted by atomic mass is 16.1. The largest absolute Gasteiger partial charge is 0.352 e. The number of aromatic nitrogens is 3. The number of hydrogen-bond acceptors (Lipinski definition) is 4. The van der Waals surface area contributed by atoms with E-state index in [0.29, 0.717) is 17.1 Å². The Balaban J connectivity index is 1.59. The third-order valence-electron chi connectivity index (χ3n) is 4.26. The lowest BCUT2D eigenvalue weighted by Crippen LogP contribution is -2.41. The molecule has 1 aliphatic rings. The van der Waals surface area contributed by atoms with Crippen LogP contribution in [-0.2, 0) is 0 Å². The van der Waals surface area contributed by atoms with Crippen molar-refractivity contribution in [2.45, 2.75) is 26.2 Å². The van der Waals surface area contributed by atoms with Gasteiger partial charge in [-0.2, -0.15) is 0 Å². The van der Waals surface area contributed by atoms with Crippen LogP contribution in [0.15, 0.2) is 24.7 Å². The first-order valence-corrected chi connectivity index (χ1v) is 8.07. The number of piperidine rings is 1. The zero-order valence-corrected chi connectivity index (χ0v) is 13.0. The third-order valence-corrected chi connectivity index (χ3v) is 4.26. The van der Waals surface area contributed by atoms with Crippen LogP contribution in [-0.4, -0.2) is 51.6 Å². The van der Waals surface area contributed by atoms with E-state index in [1.807, 2.05) is 12.3 Å². The lowest BCUT2D eigenvalue weighted by Gasteiger charge is -2.32. The van der Waals surface area contributed by atoms with E-state index in [9.17, 15) is 4.79 Å². The van der Waals surface area contributed by atoms with Crippen LogP contribution in [0.2, 0.25) is 0 Å². The topological polar surface area (TPSA) is 62.5 Å². The van der Waals surface area contributed by atoms with Crippen molar-refractivity contribution in [2.24, 2.45) is 5.92 Å². The highest BCUT2D eigenvalue weighted by Gasteiger charge is 2.20. The number of carbonyl (C=O) groups excluding carboxylic acids is 1. The molecule has 6 heteroatoms. The summed E-state index contributed by atoms with van der Waals surface area (Å²) in [6, 6.07) is 3.64. The molecule has 0 saturated carbocycles. The molecule has 0 radical (unpaired) electrons. The van der Waals surface area contributed by atoms with Crippen LogP contribution < -0.4 is 5.32 Å². The van der Waals surface area contributed by atoms with Gasteiger partial charge < -0.3 is 10.2 Å². The summed E-state index contributed by atoms with van der Waals surface area (Å²) in [5, 5.41) is 10.9. The van der Waals surface area contributed by atoms with Crippen LogP contribution in [0, 0.1) is 5.92 Å². The van der Waals surface area contributed by atoms with E-state index in [0.717, 1.165) is 19.6 Å². The molecule has 118 valence electrons. The van der Waals surface area contributed by atoms with Gasteiger partial charge in [0.05, 0.1) is 5.56 Å².